The lowest BCUT2D eigenvalue weighted by atomic mass is 9.41. The minimum atomic E-state index is -1.50. The highest BCUT2D eigenvalue weighted by Crippen LogP contribution is 2.73. The van der Waals surface area contributed by atoms with Gasteiger partial charge in [-0.25, -0.2) is 9.59 Å². The van der Waals surface area contributed by atoms with Gasteiger partial charge in [-0.1, -0.05) is 32.0 Å². The van der Waals surface area contributed by atoms with E-state index in [4.69, 9.17) is 14.2 Å². The first-order chi connectivity index (χ1) is 27.7. The third-order valence-corrected chi connectivity index (χ3v) is 19.9. The molecule has 12 nitrogen and oxygen atoms in total. The number of benzene rings is 1. The number of anilines is 1. The summed E-state index contributed by atoms with van der Waals surface area (Å²) in [4.78, 5) is 43.2. The predicted octanol–water partition coefficient (Wildman–Crippen LogP) is 3.51. The van der Waals surface area contributed by atoms with E-state index in [1.54, 1.807) is 6.08 Å². The van der Waals surface area contributed by atoms with E-state index in [-0.39, 0.29) is 96.5 Å². The van der Waals surface area contributed by atoms with Crippen LogP contribution in [-0.4, -0.2) is 118 Å². The van der Waals surface area contributed by atoms with Crippen LogP contribution in [0.4, 0.5) is 5.69 Å². The van der Waals surface area contributed by atoms with Crippen LogP contribution in [-0.2, 0) is 34.0 Å². The van der Waals surface area contributed by atoms with Gasteiger partial charge in [-0.3, -0.25) is 9.28 Å². The fraction of sp³-hybridized carbons (Fsp3) is 0.761. The number of carbonyl (C=O) groups is 3. The normalized spacial score (nSPS) is 52.6. The van der Waals surface area contributed by atoms with Crippen LogP contribution in [0, 0.1) is 46.3 Å². The maximum Gasteiger partial charge on any atom is 0.362 e. The van der Waals surface area contributed by atoms with Gasteiger partial charge in [0, 0.05) is 55.3 Å². The third kappa shape index (κ3) is 4.14. The lowest BCUT2D eigenvalue weighted by molar-refractivity contribution is -1.03. The Labute approximate surface area is 340 Å². The number of esters is 3. The van der Waals surface area contributed by atoms with Gasteiger partial charge in [-0.05, 0) is 98.7 Å². The molecule has 5 bridgehead atoms. The molecular weight excluding hydrogens is 741 g/mol. The summed E-state index contributed by atoms with van der Waals surface area (Å²) in [6.07, 6.45) is 6.02. The van der Waals surface area contributed by atoms with Crippen LogP contribution in [0.15, 0.2) is 35.9 Å². The van der Waals surface area contributed by atoms with Gasteiger partial charge in [0.15, 0.2) is 12.8 Å². The maximum absolute atomic E-state index is 14.6. The van der Waals surface area contributed by atoms with Gasteiger partial charge in [-0.15, -0.1) is 0 Å². The molecular formula is C46H61N2O10+. The predicted molar refractivity (Wildman–Crippen MR) is 208 cm³/mol. The van der Waals surface area contributed by atoms with Crippen molar-refractivity contribution >= 4 is 23.6 Å². The molecule has 9 fully saturated rings. The van der Waals surface area contributed by atoms with E-state index in [1.165, 1.54) is 12.7 Å². The van der Waals surface area contributed by atoms with E-state index in [9.17, 15) is 34.8 Å². The molecule has 5 aliphatic carbocycles. The van der Waals surface area contributed by atoms with Crippen molar-refractivity contribution in [1.29, 1.82) is 0 Å². The Hall–Kier alpha value is -3.03. The quantitative estimate of drug-likeness (QED) is 0.189. The van der Waals surface area contributed by atoms with Gasteiger partial charge in [0.1, 0.15) is 18.8 Å². The Balaban J connectivity index is 0.871. The summed E-state index contributed by atoms with van der Waals surface area (Å²) in [5.74, 6) is -1.64. The fourth-order valence-electron chi connectivity index (χ4n) is 17.9. The van der Waals surface area contributed by atoms with Crippen molar-refractivity contribution in [1.82, 2.24) is 0 Å². The lowest BCUT2D eigenvalue weighted by Crippen LogP contribution is -2.83. The van der Waals surface area contributed by atoms with E-state index in [0.717, 1.165) is 30.5 Å². The van der Waals surface area contributed by atoms with Crippen LogP contribution in [0.3, 0.4) is 0 Å². The molecule has 6 heterocycles. The minimum Gasteiger partial charge on any atom is -0.468 e. The van der Waals surface area contributed by atoms with Crippen molar-refractivity contribution in [2.24, 2.45) is 46.3 Å². The fourth-order valence-corrected chi connectivity index (χ4v) is 17.9. The summed E-state index contributed by atoms with van der Waals surface area (Å²) >= 11 is 0. The second-order valence-corrected chi connectivity index (χ2v) is 20.9. The number of hydrogen-bond donors (Lipinski definition) is 4. The van der Waals surface area contributed by atoms with Crippen LogP contribution in [0.1, 0.15) is 96.5 Å². The number of para-hydroxylation sites is 1. The van der Waals surface area contributed by atoms with Crippen molar-refractivity contribution in [3.8, 4) is 0 Å². The molecule has 1 aromatic carbocycles. The molecule has 0 unspecified atom stereocenters. The van der Waals surface area contributed by atoms with Crippen LogP contribution < -0.4 is 4.90 Å². The number of carbonyl (C=O) groups excluding carboxylic acids is 3. The van der Waals surface area contributed by atoms with E-state index in [2.05, 4.69) is 44.0 Å². The smallest absolute Gasteiger partial charge is 0.362 e. The third-order valence-electron chi connectivity index (χ3n) is 19.9. The highest BCUT2D eigenvalue weighted by molar-refractivity contribution is 5.85. The number of aliphatic hydroxyl groups excluding tert-OH is 2. The number of quaternary nitrogens is 1. The van der Waals surface area contributed by atoms with Crippen molar-refractivity contribution in [2.45, 2.75) is 144 Å². The molecule has 1 aromatic rings. The number of fused-ring (bicyclic) bond motifs is 7. The van der Waals surface area contributed by atoms with E-state index in [0.29, 0.717) is 38.5 Å². The molecule has 4 saturated heterocycles. The summed E-state index contributed by atoms with van der Waals surface area (Å²) in [5, 5.41) is 50.6. The summed E-state index contributed by atoms with van der Waals surface area (Å²) in [6.45, 7) is 4.49. The summed E-state index contributed by atoms with van der Waals surface area (Å²) < 4.78 is 17.5. The zero-order valence-corrected chi connectivity index (χ0v) is 34.3. The summed E-state index contributed by atoms with van der Waals surface area (Å²) in [7, 11) is 3.48. The first-order valence-electron chi connectivity index (χ1n) is 22.3. The largest absolute Gasteiger partial charge is 0.468 e. The Bertz CT molecular complexity index is 2010. The molecule has 6 aliphatic heterocycles. The van der Waals surface area contributed by atoms with Crippen molar-refractivity contribution in [3.63, 3.8) is 0 Å². The molecule has 58 heavy (non-hydrogen) atoms. The molecule has 0 radical (unpaired) electrons. The Morgan fingerprint density at radius 2 is 1.78 bits per heavy atom. The maximum atomic E-state index is 14.6. The van der Waals surface area contributed by atoms with Crippen molar-refractivity contribution < 1.29 is 53.5 Å². The molecule has 12 rings (SSSR count). The Morgan fingerprint density at radius 1 is 1.00 bits per heavy atom. The minimum absolute atomic E-state index is 0.00132. The number of nitrogens with zero attached hydrogens (tertiary/aromatic N) is 2. The molecule has 5 saturated carbocycles. The number of likely N-dealkylation sites (N-methyl/N-ethyl adjacent to an activating group) is 1. The average Bonchev–Trinajstić information content (AvgIpc) is 3.89. The van der Waals surface area contributed by atoms with Crippen molar-refractivity contribution in [3.05, 3.63) is 41.5 Å². The number of methoxy groups -OCH3 is 1. The summed E-state index contributed by atoms with van der Waals surface area (Å²) in [6, 6.07) is 8.21. The Kier molecular flexibility index (Phi) is 7.90. The lowest BCUT2D eigenvalue weighted by Gasteiger charge is -2.67. The van der Waals surface area contributed by atoms with Crippen LogP contribution >= 0.6 is 0 Å². The van der Waals surface area contributed by atoms with Gasteiger partial charge in [0.05, 0.1) is 47.3 Å². The molecule has 0 aromatic heterocycles. The van der Waals surface area contributed by atoms with E-state index in [1.807, 2.05) is 6.07 Å². The number of cyclic esters (lactones) is 1. The number of piperidine rings is 4. The molecule has 18 atom stereocenters. The van der Waals surface area contributed by atoms with Crippen LogP contribution in [0.5, 0.6) is 0 Å². The van der Waals surface area contributed by atoms with Crippen LogP contribution in [0.2, 0.25) is 0 Å². The van der Waals surface area contributed by atoms with E-state index >= 15 is 0 Å². The van der Waals surface area contributed by atoms with Gasteiger partial charge >= 0.3 is 17.9 Å². The standard InChI is InChI=1S/C46H61N2O10/c1-5-26-27-19-33-38-44(31-8-6-7-9-32(31)47(38)3)21-34(37(27)39(44)51)48(33,40(26)52)22-36(50)58-25-10-16-45(41(53)56-4)29-11-14-42(2)28(24-18-35(49)57-23-24)13-17-46(42,55)30(29)12-15-43(45,54)20-25/h6-9,18,25-30,33-34,37-40,51-52,54-55H,5,10-17,19-23H2,1-4H3/q+1/t25-,26-,27-,28+,29+,30+,33-,34-,37-,38-,39+,40+,42+,43-,44+,45+,46-,48-/m0/s1. The second kappa shape index (κ2) is 12.1. The van der Waals surface area contributed by atoms with Gasteiger partial charge in [0.25, 0.3) is 0 Å². The number of rotatable bonds is 6. The number of ether oxygens (including phenoxy) is 3. The molecule has 0 amide bonds. The van der Waals surface area contributed by atoms with E-state index < -0.39 is 57.8 Å². The Morgan fingerprint density at radius 3 is 2.52 bits per heavy atom. The SMILES string of the molecule is CC[C@H]1[C@@H]2C[C@H]3[C@@H]4N(C)c5ccccc5[C@]45C[C@@H]([C@H]2[C@H]5O)[N@@+]3(CC(=O)O[C@H]2CC[C@]3(C(=O)OC)[C@@H]4CC[C@]5(C)[C@@H](C6=CC(=O)OC6)CC[C@]5(O)[C@@H]4CC[C@]3(O)C2)[C@@H]1O. The molecule has 11 aliphatic rings. The highest BCUT2D eigenvalue weighted by atomic mass is 16.6. The monoisotopic (exact) mass is 801 g/mol. The van der Waals surface area contributed by atoms with Crippen molar-refractivity contribution in [2.75, 3.05) is 32.2 Å². The molecule has 4 N–H and O–H groups in total. The topological polar surface area (TPSA) is 163 Å². The zero-order valence-electron chi connectivity index (χ0n) is 34.3. The molecule has 12 heteroatoms. The van der Waals surface area contributed by atoms with Gasteiger partial charge in [-0.2, -0.15) is 0 Å². The highest BCUT2D eigenvalue weighted by Gasteiger charge is 2.83. The van der Waals surface area contributed by atoms with Crippen LogP contribution in [0.25, 0.3) is 0 Å². The molecule has 1 spiro atoms. The second-order valence-electron chi connectivity index (χ2n) is 20.9. The summed E-state index contributed by atoms with van der Waals surface area (Å²) in [5.41, 5.74) is -1.55. The number of aliphatic hydroxyl groups is 4. The first kappa shape index (κ1) is 37.9. The first-order valence-corrected chi connectivity index (χ1v) is 22.3. The zero-order chi connectivity index (χ0) is 40.5. The number of hydrogen-bond acceptors (Lipinski definition) is 11. The molecule has 314 valence electrons. The van der Waals surface area contributed by atoms with Gasteiger partial charge < -0.3 is 39.5 Å². The average molecular weight is 802 g/mol. The van der Waals surface area contributed by atoms with Gasteiger partial charge in [0.2, 0.25) is 0 Å².